The van der Waals surface area contributed by atoms with Gasteiger partial charge in [0, 0.05) is 5.92 Å². The van der Waals surface area contributed by atoms with Crippen LogP contribution in [0, 0.1) is 0 Å². The zero-order valence-electron chi connectivity index (χ0n) is 12.3. The fraction of sp³-hybridized carbons (Fsp3) is 0.222. The first kappa shape index (κ1) is 16.2. The lowest BCUT2D eigenvalue weighted by molar-refractivity contribution is 0.114. The highest BCUT2D eigenvalue weighted by Gasteiger charge is 2.12. The first-order valence-electron chi connectivity index (χ1n) is 6.97. The third-order valence-electron chi connectivity index (χ3n) is 3.26. The van der Waals surface area contributed by atoms with Gasteiger partial charge in [0.05, 0.1) is 20.3 Å². The van der Waals surface area contributed by atoms with Crippen LogP contribution in [0.2, 0.25) is 0 Å². The van der Waals surface area contributed by atoms with Crippen molar-refractivity contribution in [1.29, 1.82) is 0 Å². The molecule has 2 nitrogen and oxygen atoms in total. The smallest absolute Gasteiger partial charge is 0.267 e. The van der Waals surface area contributed by atoms with Crippen molar-refractivity contribution < 1.29 is 18.3 Å². The SMILES string of the molecule is COc1cccc(C(C=C(F)F)COCc2ccccc2)c1. The van der Waals surface area contributed by atoms with Gasteiger partial charge < -0.3 is 9.47 Å². The molecule has 0 aliphatic rings. The van der Waals surface area contributed by atoms with Gasteiger partial charge in [-0.25, -0.2) is 0 Å². The second-order valence-corrected chi connectivity index (χ2v) is 4.84. The number of ether oxygens (including phenoxy) is 2. The molecule has 1 unspecified atom stereocenters. The van der Waals surface area contributed by atoms with Gasteiger partial charge in [-0.05, 0) is 29.3 Å². The molecule has 0 radical (unpaired) electrons. The third-order valence-corrected chi connectivity index (χ3v) is 3.26. The average molecular weight is 304 g/mol. The van der Waals surface area contributed by atoms with Crippen LogP contribution in [-0.4, -0.2) is 13.7 Å². The van der Waals surface area contributed by atoms with E-state index in [-0.39, 0.29) is 6.61 Å². The minimum absolute atomic E-state index is 0.180. The molecular weight excluding hydrogens is 286 g/mol. The number of hydrogen-bond donors (Lipinski definition) is 0. The Balaban J connectivity index is 2.04. The highest BCUT2D eigenvalue weighted by Crippen LogP contribution is 2.24. The van der Waals surface area contributed by atoms with Gasteiger partial charge in [0.1, 0.15) is 5.75 Å². The summed E-state index contributed by atoms with van der Waals surface area (Å²) >= 11 is 0. The molecule has 116 valence electrons. The third kappa shape index (κ3) is 4.97. The summed E-state index contributed by atoms with van der Waals surface area (Å²) in [6, 6.07) is 16.7. The van der Waals surface area contributed by atoms with Crippen LogP contribution in [0.1, 0.15) is 17.0 Å². The predicted molar refractivity (Wildman–Crippen MR) is 82.1 cm³/mol. The van der Waals surface area contributed by atoms with Crippen LogP contribution in [0.15, 0.2) is 66.8 Å². The maximum absolute atomic E-state index is 12.7. The highest BCUT2D eigenvalue weighted by molar-refractivity contribution is 5.33. The fourth-order valence-electron chi connectivity index (χ4n) is 2.14. The second-order valence-electron chi connectivity index (χ2n) is 4.84. The average Bonchev–Trinajstić information content (AvgIpc) is 2.54. The molecule has 0 amide bonds. The molecule has 0 saturated heterocycles. The molecule has 2 aromatic carbocycles. The molecule has 0 aromatic heterocycles. The topological polar surface area (TPSA) is 18.5 Å². The lowest BCUT2D eigenvalue weighted by Crippen LogP contribution is -2.06. The molecule has 0 N–H and O–H groups in total. The van der Waals surface area contributed by atoms with E-state index in [1.54, 1.807) is 31.4 Å². The van der Waals surface area contributed by atoms with Crippen molar-refractivity contribution in [3.63, 3.8) is 0 Å². The largest absolute Gasteiger partial charge is 0.497 e. The monoisotopic (exact) mass is 304 g/mol. The molecule has 1 atom stereocenters. The summed E-state index contributed by atoms with van der Waals surface area (Å²) in [5.74, 6) is 0.127. The zero-order valence-corrected chi connectivity index (χ0v) is 12.3. The zero-order chi connectivity index (χ0) is 15.8. The molecule has 0 aliphatic heterocycles. The van der Waals surface area contributed by atoms with E-state index in [9.17, 15) is 8.78 Å². The standard InChI is InChI=1S/C18H18F2O2/c1-21-17-9-5-8-15(10-17)16(11-18(19)20)13-22-12-14-6-3-2-4-7-14/h2-11,16H,12-13H2,1H3. The van der Waals surface area contributed by atoms with Crippen LogP contribution < -0.4 is 4.74 Å². The van der Waals surface area contributed by atoms with Gasteiger partial charge >= 0.3 is 0 Å². The van der Waals surface area contributed by atoms with Crippen molar-refractivity contribution in [2.75, 3.05) is 13.7 Å². The van der Waals surface area contributed by atoms with Crippen molar-refractivity contribution >= 4 is 0 Å². The summed E-state index contributed by atoms with van der Waals surface area (Å²) in [5.41, 5.74) is 1.75. The number of hydrogen-bond acceptors (Lipinski definition) is 2. The van der Waals surface area contributed by atoms with Crippen LogP contribution in [0.3, 0.4) is 0 Å². The first-order valence-corrected chi connectivity index (χ1v) is 6.97. The van der Waals surface area contributed by atoms with Gasteiger partial charge in [-0.2, -0.15) is 8.78 Å². The van der Waals surface area contributed by atoms with E-state index in [2.05, 4.69) is 0 Å². The van der Waals surface area contributed by atoms with Crippen LogP contribution in [0.4, 0.5) is 8.78 Å². The molecule has 2 aromatic rings. The Kier molecular flexibility index (Phi) is 6.10. The van der Waals surface area contributed by atoms with Crippen molar-refractivity contribution in [1.82, 2.24) is 0 Å². The van der Waals surface area contributed by atoms with E-state index in [0.717, 1.165) is 17.2 Å². The number of methoxy groups -OCH3 is 1. The molecule has 0 aliphatic carbocycles. The summed E-state index contributed by atoms with van der Waals surface area (Å²) in [4.78, 5) is 0. The summed E-state index contributed by atoms with van der Waals surface area (Å²) in [5, 5.41) is 0. The van der Waals surface area contributed by atoms with Gasteiger partial charge in [0.25, 0.3) is 6.08 Å². The van der Waals surface area contributed by atoms with Gasteiger partial charge in [0.15, 0.2) is 0 Å². The molecule has 2 rings (SSSR count). The summed E-state index contributed by atoms with van der Waals surface area (Å²) in [6.45, 7) is 0.572. The quantitative estimate of drug-likeness (QED) is 0.733. The first-order chi connectivity index (χ1) is 10.7. The molecular formula is C18H18F2O2. The molecule has 0 heterocycles. The van der Waals surface area contributed by atoms with E-state index >= 15 is 0 Å². The fourth-order valence-corrected chi connectivity index (χ4v) is 2.14. The lowest BCUT2D eigenvalue weighted by atomic mass is 10.00. The minimum atomic E-state index is -1.71. The van der Waals surface area contributed by atoms with E-state index in [4.69, 9.17) is 9.47 Å². The molecule has 0 bridgehead atoms. The maximum Gasteiger partial charge on any atom is 0.267 e. The Hall–Kier alpha value is -2.20. The Morgan fingerprint density at radius 1 is 1.09 bits per heavy atom. The van der Waals surface area contributed by atoms with Gasteiger partial charge in [0.2, 0.25) is 0 Å². The van der Waals surface area contributed by atoms with E-state index in [0.29, 0.717) is 12.4 Å². The molecule has 0 saturated carbocycles. The summed E-state index contributed by atoms with van der Waals surface area (Å²) < 4.78 is 36.1. The van der Waals surface area contributed by atoms with Crippen molar-refractivity contribution in [3.05, 3.63) is 77.9 Å². The summed E-state index contributed by atoms with van der Waals surface area (Å²) in [7, 11) is 1.55. The van der Waals surface area contributed by atoms with Crippen LogP contribution in [0.5, 0.6) is 5.75 Å². The Morgan fingerprint density at radius 3 is 2.55 bits per heavy atom. The predicted octanol–water partition coefficient (Wildman–Crippen LogP) is 4.78. The number of benzene rings is 2. The van der Waals surface area contributed by atoms with Gasteiger partial charge in [-0.1, -0.05) is 42.5 Å². The Bertz CT molecular complexity index is 607. The van der Waals surface area contributed by atoms with E-state index < -0.39 is 12.0 Å². The van der Waals surface area contributed by atoms with Crippen LogP contribution in [-0.2, 0) is 11.3 Å². The summed E-state index contributed by atoms with van der Waals surface area (Å²) in [6.07, 6.45) is -0.795. The van der Waals surface area contributed by atoms with Gasteiger partial charge in [-0.3, -0.25) is 0 Å². The second kappa shape index (κ2) is 8.29. The van der Waals surface area contributed by atoms with Crippen LogP contribution in [0.25, 0.3) is 0 Å². The minimum Gasteiger partial charge on any atom is -0.497 e. The number of rotatable bonds is 7. The van der Waals surface area contributed by atoms with Crippen LogP contribution >= 0.6 is 0 Å². The van der Waals surface area contributed by atoms with E-state index in [1.807, 2.05) is 30.3 Å². The lowest BCUT2D eigenvalue weighted by Gasteiger charge is -2.14. The molecule has 0 spiro atoms. The van der Waals surface area contributed by atoms with Crippen molar-refractivity contribution in [2.24, 2.45) is 0 Å². The molecule has 4 heteroatoms. The van der Waals surface area contributed by atoms with Crippen molar-refractivity contribution in [2.45, 2.75) is 12.5 Å². The molecule has 22 heavy (non-hydrogen) atoms. The van der Waals surface area contributed by atoms with Gasteiger partial charge in [-0.15, -0.1) is 0 Å². The number of halogens is 2. The molecule has 0 fully saturated rings. The normalized spacial score (nSPS) is 11.8. The Labute approximate surface area is 129 Å². The highest BCUT2D eigenvalue weighted by atomic mass is 19.3. The Morgan fingerprint density at radius 2 is 1.86 bits per heavy atom. The maximum atomic E-state index is 12.7. The van der Waals surface area contributed by atoms with Crippen molar-refractivity contribution in [3.8, 4) is 5.75 Å². The van der Waals surface area contributed by atoms with E-state index in [1.165, 1.54) is 0 Å².